The van der Waals surface area contributed by atoms with Crippen LogP contribution in [0.1, 0.15) is 20.7 Å². The van der Waals surface area contributed by atoms with Crippen molar-refractivity contribution in [2.45, 2.75) is 30.7 Å². The van der Waals surface area contributed by atoms with E-state index in [1.54, 1.807) is 0 Å². The van der Waals surface area contributed by atoms with Crippen molar-refractivity contribution in [3.8, 4) is 45.6 Å². The van der Waals surface area contributed by atoms with E-state index < -0.39 is 106 Å². The molecule has 1 fully saturated rings. The van der Waals surface area contributed by atoms with Crippen LogP contribution in [0.15, 0.2) is 12.1 Å². The van der Waals surface area contributed by atoms with E-state index in [9.17, 15) is 55.5 Å². The summed E-state index contributed by atoms with van der Waals surface area (Å²) in [6, 6.07) is 1.20. The third kappa shape index (κ3) is 3.45. The standard InChI is InChI=1S/C20H18O14/c21-6-1-4-9(14(26)11(6)23)10-5(2-7(22)12(24)15(10)27)19(31)34-20-17(29)16(28)13(25)8(33-20)3-32-18(4)30/h1-2,8,13,16-17,20-29H,3H2/t8-,13-,16+,17-,20-/m1/s1. The van der Waals surface area contributed by atoms with Crippen LogP contribution in [0.5, 0.6) is 34.5 Å². The Morgan fingerprint density at radius 3 is 1.71 bits per heavy atom. The van der Waals surface area contributed by atoms with Gasteiger partial charge in [0.05, 0.1) is 11.1 Å². The number of ether oxygens (including phenoxy) is 3. The number of rotatable bonds is 0. The molecule has 2 aromatic carbocycles. The number of cyclic esters (lactones) is 1. The minimum atomic E-state index is -1.97. The molecule has 0 amide bonds. The lowest BCUT2D eigenvalue weighted by atomic mass is 9.91. The highest BCUT2D eigenvalue weighted by atomic mass is 16.7. The van der Waals surface area contributed by atoms with Crippen LogP contribution < -0.4 is 0 Å². The number of phenolic OH excluding ortho intramolecular Hbond substituents is 6. The summed E-state index contributed by atoms with van der Waals surface area (Å²) in [4.78, 5) is 25.8. The third-order valence-electron chi connectivity index (χ3n) is 5.47. The Hall–Kier alpha value is -3.98. The maximum absolute atomic E-state index is 13.0. The van der Waals surface area contributed by atoms with E-state index >= 15 is 0 Å². The van der Waals surface area contributed by atoms with Crippen LogP contribution in [0.3, 0.4) is 0 Å². The molecule has 4 rings (SSSR count). The Morgan fingerprint density at radius 1 is 0.676 bits per heavy atom. The lowest BCUT2D eigenvalue weighted by Gasteiger charge is -2.39. The number of aliphatic hydroxyl groups excluding tert-OH is 3. The van der Waals surface area contributed by atoms with Crippen LogP contribution in [-0.2, 0) is 14.2 Å². The molecule has 1 saturated heterocycles. The van der Waals surface area contributed by atoms with Crippen molar-refractivity contribution in [2.24, 2.45) is 0 Å². The number of benzene rings is 2. The van der Waals surface area contributed by atoms with Gasteiger partial charge in [-0.05, 0) is 12.1 Å². The second kappa shape index (κ2) is 8.11. The topological polar surface area (TPSA) is 244 Å². The largest absolute Gasteiger partial charge is 0.504 e. The van der Waals surface area contributed by atoms with Crippen molar-refractivity contribution < 1.29 is 69.8 Å². The van der Waals surface area contributed by atoms with Gasteiger partial charge in [-0.1, -0.05) is 0 Å². The number of fused-ring (bicyclic) bond motifs is 5. The first-order chi connectivity index (χ1) is 15.9. The molecule has 2 bridgehead atoms. The summed E-state index contributed by atoms with van der Waals surface area (Å²) in [6.07, 6.45) is -9.11. The third-order valence-corrected chi connectivity index (χ3v) is 5.47. The summed E-state index contributed by atoms with van der Waals surface area (Å²) < 4.78 is 15.3. The van der Waals surface area contributed by atoms with Gasteiger partial charge in [0, 0.05) is 11.1 Å². The molecule has 0 aliphatic carbocycles. The smallest absolute Gasteiger partial charge is 0.341 e. The van der Waals surface area contributed by atoms with Gasteiger partial charge in [-0.3, -0.25) is 0 Å². The number of hydrogen-bond donors (Lipinski definition) is 9. The first-order valence-corrected chi connectivity index (χ1v) is 9.57. The fraction of sp³-hybridized carbons (Fsp3) is 0.300. The highest BCUT2D eigenvalue weighted by molar-refractivity contribution is 6.08. The minimum absolute atomic E-state index is 0.578. The van der Waals surface area contributed by atoms with Crippen LogP contribution in [0.2, 0.25) is 0 Å². The highest BCUT2D eigenvalue weighted by Gasteiger charge is 2.47. The van der Waals surface area contributed by atoms with Gasteiger partial charge in [0.15, 0.2) is 23.0 Å². The van der Waals surface area contributed by atoms with Gasteiger partial charge >= 0.3 is 11.9 Å². The zero-order valence-electron chi connectivity index (χ0n) is 16.8. The molecule has 14 heteroatoms. The fourth-order valence-corrected chi connectivity index (χ4v) is 3.67. The molecule has 0 aromatic heterocycles. The van der Waals surface area contributed by atoms with E-state index in [4.69, 9.17) is 14.2 Å². The van der Waals surface area contributed by atoms with Gasteiger partial charge in [-0.25, -0.2) is 9.59 Å². The fourth-order valence-electron chi connectivity index (χ4n) is 3.67. The molecule has 34 heavy (non-hydrogen) atoms. The molecule has 0 radical (unpaired) electrons. The monoisotopic (exact) mass is 482 g/mol. The lowest BCUT2D eigenvalue weighted by Crippen LogP contribution is -2.59. The maximum atomic E-state index is 13.0. The van der Waals surface area contributed by atoms with Crippen molar-refractivity contribution in [3.63, 3.8) is 0 Å². The quantitative estimate of drug-likeness (QED) is 0.157. The SMILES string of the molecule is O=C1OC[C@H]2O[C@H](OC(=O)c3cc(O)c(O)c(O)c3-c3c1cc(O)c(O)c3O)[C@H](O)[C@@H](O)[C@@H]2O. The number of esters is 2. The summed E-state index contributed by atoms with van der Waals surface area (Å²) in [6.45, 7) is -0.778. The molecule has 2 aromatic rings. The Morgan fingerprint density at radius 2 is 1.18 bits per heavy atom. The molecule has 2 aliphatic heterocycles. The highest BCUT2D eigenvalue weighted by Crippen LogP contribution is 2.52. The number of carbonyl (C=O) groups is 2. The molecule has 14 nitrogen and oxygen atoms in total. The Balaban J connectivity index is 2.02. The molecule has 0 saturated carbocycles. The van der Waals surface area contributed by atoms with Crippen LogP contribution in [0.25, 0.3) is 11.1 Å². The lowest BCUT2D eigenvalue weighted by molar-refractivity contribution is -0.285. The summed E-state index contributed by atoms with van der Waals surface area (Å²) in [5.41, 5.74) is -3.17. The van der Waals surface area contributed by atoms with Gasteiger partial charge < -0.3 is 60.2 Å². The second-order valence-corrected chi connectivity index (χ2v) is 7.55. The van der Waals surface area contributed by atoms with E-state index in [1.165, 1.54) is 0 Å². The Labute approximate surface area is 188 Å². The van der Waals surface area contributed by atoms with Crippen molar-refractivity contribution >= 4 is 11.9 Å². The predicted octanol–water partition coefficient (Wildman–Crippen LogP) is -1.28. The average Bonchev–Trinajstić information content (AvgIpc) is 2.80. The van der Waals surface area contributed by atoms with E-state index in [1.807, 2.05) is 0 Å². The minimum Gasteiger partial charge on any atom is -0.504 e. The number of aromatic hydroxyl groups is 6. The summed E-state index contributed by atoms with van der Waals surface area (Å²) >= 11 is 0. The first kappa shape index (κ1) is 23.2. The maximum Gasteiger partial charge on any atom is 0.341 e. The summed E-state index contributed by atoms with van der Waals surface area (Å²) in [5, 5.41) is 91.1. The van der Waals surface area contributed by atoms with Gasteiger partial charge in [-0.2, -0.15) is 0 Å². The average molecular weight is 482 g/mol. The van der Waals surface area contributed by atoms with Crippen LogP contribution in [0.4, 0.5) is 0 Å². The Kier molecular flexibility index (Phi) is 5.53. The van der Waals surface area contributed by atoms with E-state index in [0.29, 0.717) is 12.1 Å². The van der Waals surface area contributed by atoms with Gasteiger partial charge in [0.25, 0.3) is 0 Å². The molecule has 0 spiro atoms. The second-order valence-electron chi connectivity index (χ2n) is 7.55. The molecule has 182 valence electrons. The summed E-state index contributed by atoms with van der Waals surface area (Å²) in [7, 11) is 0. The van der Waals surface area contributed by atoms with Crippen molar-refractivity contribution in [1.82, 2.24) is 0 Å². The molecule has 5 atom stereocenters. The van der Waals surface area contributed by atoms with Crippen molar-refractivity contribution in [3.05, 3.63) is 23.3 Å². The van der Waals surface area contributed by atoms with Crippen LogP contribution in [0, 0.1) is 0 Å². The van der Waals surface area contributed by atoms with E-state index in [0.717, 1.165) is 0 Å². The van der Waals surface area contributed by atoms with Gasteiger partial charge in [0.2, 0.25) is 17.8 Å². The molecule has 0 unspecified atom stereocenters. The van der Waals surface area contributed by atoms with Crippen LogP contribution in [-0.4, -0.2) is 95.2 Å². The molecule has 9 N–H and O–H groups in total. The van der Waals surface area contributed by atoms with Crippen molar-refractivity contribution in [2.75, 3.05) is 6.61 Å². The zero-order valence-corrected chi connectivity index (χ0v) is 16.8. The van der Waals surface area contributed by atoms with Gasteiger partial charge in [0.1, 0.15) is 31.0 Å². The van der Waals surface area contributed by atoms with E-state index in [-0.39, 0.29) is 0 Å². The molecular weight excluding hydrogens is 464 g/mol. The normalized spacial score (nSPS) is 26.9. The first-order valence-electron chi connectivity index (χ1n) is 9.57. The molecule has 2 aliphatic rings. The number of hydrogen-bond acceptors (Lipinski definition) is 14. The Bertz CT molecular complexity index is 1190. The zero-order chi connectivity index (χ0) is 25.1. The number of phenols is 6. The predicted molar refractivity (Wildman–Crippen MR) is 104 cm³/mol. The molecule has 2 heterocycles. The van der Waals surface area contributed by atoms with Crippen molar-refractivity contribution in [1.29, 1.82) is 0 Å². The number of carbonyl (C=O) groups excluding carboxylic acids is 2. The summed E-state index contributed by atoms with van der Waals surface area (Å²) in [5.74, 6) is -9.64. The van der Waals surface area contributed by atoms with Crippen LogP contribution >= 0.6 is 0 Å². The van der Waals surface area contributed by atoms with E-state index in [2.05, 4.69) is 0 Å². The number of aliphatic hydroxyl groups is 3. The van der Waals surface area contributed by atoms with Gasteiger partial charge in [-0.15, -0.1) is 0 Å². The molecular formula is C20H18O14.